The minimum atomic E-state index is -1.53. The van der Waals surface area contributed by atoms with Crippen molar-refractivity contribution in [3.8, 4) is 0 Å². The Hall–Kier alpha value is -2.42. The maximum absolute atomic E-state index is 12.2. The second-order valence-corrected chi connectivity index (χ2v) is 7.82. The molecule has 1 atom stereocenters. The quantitative estimate of drug-likeness (QED) is 0.549. The molecular weight excluding hydrogens is 390 g/mol. The average Bonchev–Trinajstić information content (AvgIpc) is 2.74. The molecular formula is C22H29NO7. The molecule has 164 valence electrons. The molecule has 8 nitrogen and oxygen atoms in total. The normalized spacial score (nSPS) is 28.7. The summed E-state index contributed by atoms with van der Waals surface area (Å²) >= 11 is 0. The van der Waals surface area contributed by atoms with E-state index in [1.165, 1.54) is 13.0 Å². The molecule has 0 spiro atoms. The van der Waals surface area contributed by atoms with E-state index < -0.39 is 11.8 Å². The summed E-state index contributed by atoms with van der Waals surface area (Å²) in [5.41, 5.74) is 0.781. The first kappa shape index (κ1) is 22.3. The Kier molecular flexibility index (Phi) is 7.47. The molecule has 8 heteroatoms. The van der Waals surface area contributed by atoms with E-state index >= 15 is 0 Å². The number of hydrogen-bond acceptors (Lipinski definition) is 7. The van der Waals surface area contributed by atoms with E-state index in [1.54, 1.807) is 12.3 Å². The van der Waals surface area contributed by atoms with E-state index in [0.717, 1.165) is 31.4 Å². The second-order valence-electron chi connectivity index (χ2n) is 7.82. The first-order chi connectivity index (χ1) is 14.4. The standard InChI is InChI=1S/C22H29NO7/c1-22(21(26)27)29-14-16(15-30-22)5-2-3-9-23-10-12-28-20(13-23)18-6-4-7-19(25)17(18)8-11-24/h4,6-7,10,12-13,16-17,24H,2-3,5,8-9,11,14-15H2,1H3,(H,26,27). The molecule has 1 fully saturated rings. The number of rotatable bonds is 9. The minimum absolute atomic E-state index is 0.0249. The zero-order chi connectivity index (χ0) is 21.6. The predicted molar refractivity (Wildman–Crippen MR) is 108 cm³/mol. The lowest BCUT2D eigenvalue weighted by Gasteiger charge is -2.34. The SMILES string of the molecule is CC1(C(=O)O)OCC(CCCCN2C=COC(C3=CC=CC(=O)C3CCO)=C2)CO1. The number of carboxylic acid groups (broad SMARTS) is 1. The molecule has 0 radical (unpaired) electrons. The van der Waals surface area contributed by atoms with Crippen molar-refractivity contribution in [1.29, 1.82) is 0 Å². The highest BCUT2D eigenvalue weighted by Gasteiger charge is 2.40. The first-order valence-corrected chi connectivity index (χ1v) is 10.3. The molecule has 0 aromatic rings. The van der Waals surface area contributed by atoms with Gasteiger partial charge < -0.3 is 29.3 Å². The van der Waals surface area contributed by atoms with Crippen molar-refractivity contribution in [2.75, 3.05) is 26.4 Å². The molecule has 1 saturated heterocycles. The number of aliphatic hydroxyl groups is 1. The van der Waals surface area contributed by atoms with Crippen molar-refractivity contribution in [2.24, 2.45) is 11.8 Å². The van der Waals surface area contributed by atoms with Gasteiger partial charge in [-0.05, 0) is 25.3 Å². The van der Waals surface area contributed by atoms with Crippen LogP contribution in [0.15, 0.2) is 48.2 Å². The molecule has 3 aliphatic rings. The van der Waals surface area contributed by atoms with Crippen LogP contribution in [-0.2, 0) is 23.8 Å². The van der Waals surface area contributed by atoms with Crippen LogP contribution in [0.4, 0.5) is 0 Å². The number of nitrogens with zero attached hydrogens (tertiary/aromatic N) is 1. The van der Waals surface area contributed by atoms with E-state index in [0.29, 0.717) is 25.4 Å². The largest absolute Gasteiger partial charge is 0.477 e. The number of ketones is 1. The van der Waals surface area contributed by atoms with Crippen molar-refractivity contribution in [2.45, 2.75) is 38.4 Å². The summed E-state index contributed by atoms with van der Waals surface area (Å²) < 4.78 is 16.4. The lowest BCUT2D eigenvalue weighted by molar-refractivity contribution is -0.271. The molecule has 2 N–H and O–H groups in total. The molecule has 0 aromatic heterocycles. The third kappa shape index (κ3) is 5.38. The molecule has 30 heavy (non-hydrogen) atoms. The molecule has 0 aromatic carbocycles. The number of unbranched alkanes of at least 4 members (excludes halogenated alkanes) is 1. The molecule has 3 rings (SSSR count). The van der Waals surface area contributed by atoms with E-state index in [2.05, 4.69) is 0 Å². The molecule has 0 amide bonds. The molecule has 0 bridgehead atoms. The van der Waals surface area contributed by atoms with Crippen molar-refractivity contribution >= 4 is 11.8 Å². The Bertz CT molecular complexity index is 759. The van der Waals surface area contributed by atoms with Gasteiger partial charge in [0, 0.05) is 44.0 Å². The zero-order valence-corrected chi connectivity index (χ0v) is 17.2. The lowest BCUT2D eigenvalue weighted by Crippen LogP contribution is -2.47. The topological polar surface area (TPSA) is 106 Å². The van der Waals surface area contributed by atoms with Crippen molar-refractivity contribution in [3.05, 3.63) is 48.2 Å². The van der Waals surface area contributed by atoms with Crippen molar-refractivity contribution in [3.63, 3.8) is 0 Å². The highest BCUT2D eigenvalue weighted by atomic mass is 16.7. The van der Waals surface area contributed by atoms with Gasteiger partial charge in [0.25, 0.3) is 5.79 Å². The van der Waals surface area contributed by atoms with Crippen LogP contribution in [0.5, 0.6) is 0 Å². The molecule has 0 saturated carbocycles. The van der Waals surface area contributed by atoms with Crippen LogP contribution in [0.2, 0.25) is 0 Å². The van der Waals surface area contributed by atoms with Gasteiger partial charge >= 0.3 is 5.97 Å². The molecule has 2 aliphatic heterocycles. The second kappa shape index (κ2) is 10.1. The first-order valence-electron chi connectivity index (χ1n) is 10.3. The summed E-state index contributed by atoms with van der Waals surface area (Å²) in [6.07, 6.45) is 13.6. The summed E-state index contributed by atoms with van der Waals surface area (Å²) in [5.74, 6) is -2.24. The van der Waals surface area contributed by atoms with Gasteiger partial charge in [-0.25, -0.2) is 4.79 Å². The van der Waals surface area contributed by atoms with E-state index in [4.69, 9.17) is 19.3 Å². The monoisotopic (exact) mass is 419 g/mol. The van der Waals surface area contributed by atoms with Gasteiger partial charge in [-0.1, -0.05) is 18.6 Å². The molecule has 2 heterocycles. The number of allylic oxidation sites excluding steroid dienone is 4. The Morgan fingerprint density at radius 3 is 2.73 bits per heavy atom. The fourth-order valence-corrected chi connectivity index (χ4v) is 3.66. The summed E-state index contributed by atoms with van der Waals surface area (Å²) in [6.45, 7) is 2.91. The summed E-state index contributed by atoms with van der Waals surface area (Å²) in [5, 5.41) is 18.4. The van der Waals surface area contributed by atoms with Gasteiger partial charge in [0.05, 0.1) is 19.1 Å². The Morgan fingerprint density at radius 1 is 1.27 bits per heavy atom. The number of carbonyl (C=O) groups is 2. The Morgan fingerprint density at radius 2 is 2.03 bits per heavy atom. The van der Waals surface area contributed by atoms with Crippen LogP contribution < -0.4 is 0 Å². The van der Waals surface area contributed by atoms with E-state index in [1.807, 2.05) is 23.4 Å². The average molecular weight is 419 g/mol. The van der Waals surface area contributed by atoms with Crippen LogP contribution in [0.1, 0.15) is 32.6 Å². The van der Waals surface area contributed by atoms with E-state index in [-0.39, 0.29) is 24.2 Å². The number of ether oxygens (including phenoxy) is 3. The Balaban J connectivity index is 1.46. The van der Waals surface area contributed by atoms with Crippen LogP contribution in [-0.4, -0.2) is 59.0 Å². The lowest BCUT2D eigenvalue weighted by atomic mass is 9.86. The summed E-state index contributed by atoms with van der Waals surface area (Å²) in [6, 6.07) is 0. The smallest absolute Gasteiger partial charge is 0.364 e. The van der Waals surface area contributed by atoms with Crippen LogP contribution in [0.3, 0.4) is 0 Å². The van der Waals surface area contributed by atoms with Crippen molar-refractivity contribution < 1.29 is 34.0 Å². The van der Waals surface area contributed by atoms with Gasteiger partial charge in [0.1, 0.15) is 12.0 Å². The predicted octanol–water partition coefficient (Wildman–Crippen LogP) is 2.33. The number of carboxylic acids is 1. The Labute approximate surface area is 176 Å². The fourth-order valence-electron chi connectivity index (χ4n) is 3.66. The third-order valence-electron chi connectivity index (χ3n) is 5.54. The summed E-state index contributed by atoms with van der Waals surface area (Å²) in [7, 11) is 0. The van der Waals surface area contributed by atoms with Crippen molar-refractivity contribution in [1.82, 2.24) is 4.90 Å². The van der Waals surface area contributed by atoms with Gasteiger partial charge in [0.15, 0.2) is 5.78 Å². The molecule has 1 aliphatic carbocycles. The van der Waals surface area contributed by atoms with Crippen LogP contribution in [0, 0.1) is 11.8 Å². The van der Waals surface area contributed by atoms with Gasteiger partial charge in [0.2, 0.25) is 0 Å². The third-order valence-corrected chi connectivity index (χ3v) is 5.54. The molecule has 1 unspecified atom stereocenters. The van der Waals surface area contributed by atoms with Gasteiger partial charge in [-0.2, -0.15) is 0 Å². The maximum Gasteiger partial charge on any atom is 0.364 e. The highest BCUT2D eigenvalue weighted by molar-refractivity contribution is 5.96. The minimum Gasteiger partial charge on any atom is -0.477 e. The van der Waals surface area contributed by atoms with Gasteiger partial charge in [-0.15, -0.1) is 0 Å². The van der Waals surface area contributed by atoms with Gasteiger partial charge in [-0.3, -0.25) is 4.79 Å². The number of carbonyl (C=O) groups excluding carboxylic acids is 1. The van der Waals surface area contributed by atoms with Crippen LogP contribution >= 0.6 is 0 Å². The fraction of sp³-hybridized carbons (Fsp3) is 0.545. The number of aliphatic carboxylic acids is 1. The van der Waals surface area contributed by atoms with Crippen LogP contribution in [0.25, 0.3) is 0 Å². The highest BCUT2D eigenvalue weighted by Crippen LogP contribution is 2.30. The maximum atomic E-state index is 12.2. The summed E-state index contributed by atoms with van der Waals surface area (Å²) in [4.78, 5) is 25.3. The number of aliphatic hydroxyl groups excluding tert-OH is 1. The van der Waals surface area contributed by atoms with E-state index in [9.17, 15) is 14.7 Å². The number of hydrogen-bond donors (Lipinski definition) is 2. The zero-order valence-electron chi connectivity index (χ0n) is 17.2.